The van der Waals surface area contributed by atoms with Gasteiger partial charge in [-0.2, -0.15) is 0 Å². The second-order valence-corrected chi connectivity index (χ2v) is 2.99. The van der Waals surface area contributed by atoms with Gasteiger partial charge in [-0.1, -0.05) is 20.8 Å². The number of hydrogen-bond donors (Lipinski definition) is 0. The van der Waals surface area contributed by atoms with Gasteiger partial charge in [-0.25, -0.2) is 0 Å². The maximum Gasteiger partial charge on any atom is 0.119 e. The molecule has 0 N–H and O–H groups in total. The van der Waals surface area contributed by atoms with E-state index in [1.165, 1.54) is 5.56 Å². The molecule has 0 aliphatic carbocycles. The highest BCUT2D eigenvalue weighted by atomic mass is 16.5. The quantitative estimate of drug-likeness (QED) is 0.665. The molecular formula is C12H17NO. The van der Waals surface area contributed by atoms with Crippen molar-refractivity contribution in [2.24, 2.45) is 4.99 Å². The summed E-state index contributed by atoms with van der Waals surface area (Å²) in [5, 5.41) is 0. The lowest BCUT2D eigenvalue weighted by atomic mass is 10.0. The van der Waals surface area contributed by atoms with Crippen LogP contribution >= 0.6 is 0 Å². The molecule has 0 aromatic heterocycles. The number of aliphatic imine (C=N–C) groups is 1. The molecule has 0 bridgehead atoms. The molecule has 0 spiro atoms. The molecule has 1 aliphatic rings. The Morgan fingerprint density at radius 2 is 2.00 bits per heavy atom. The van der Waals surface area contributed by atoms with Gasteiger partial charge in [0.05, 0.1) is 12.8 Å². The van der Waals surface area contributed by atoms with Crippen molar-refractivity contribution in [1.82, 2.24) is 0 Å². The van der Waals surface area contributed by atoms with Crippen LogP contribution in [-0.4, -0.2) is 13.3 Å². The molecule has 2 nitrogen and oxygen atoms in total. The van der Waals surface area contributed by atoms with Crippen LogP contribution in [0.2, 0.25) is 0 Å². The van der Waals surface area contributed by atoms with Crippen molar-refractivity contribution >= 4 is 11.9 Å². The van der Waals surface area contributed by atoms with Gasteiger partial charge < -0.3 is 4.74 Å². The van der Waals surface area contributed by atoms with E-state index in [1.54, 1.807) is 7.11 Å². The minimum atomic E-state index is 0.426. The third kappa shape index (κ3) is 1.95. The number of nitrogens with zero attached hydrogens (tertiary/aromatic N) is 1. The summed E-state index contributed by atoms with van der Waals surface area (Å²) in [6.45, 7) is 6.13. The van der Waals surface area contributed by atoms with Crippen LogP contribution < -0.4 is 4.74 Å². The molecule has 0 radical (unpaired) electrons. The van der Waals surface area contributed by atoms with Gasteiger partial charge in [0, 0.05) is 12.1 Å². The maximum absolute atomic E-state index is 5.13. The van der Waals surface area contributed by atoms with Crippen molar-refractivity contribution in [3.63, 3.8) is 0 Å². The molecular weight excluding hydrogens is 174 g/mol. The Hall–Kier alpha value is -1.31. The molecule has 1 heterocycles. The van der Waals surface area contributed by atoms with Gasteiger partial charge in [-0.3, -0.25) is 4.99 Å². The van der Waals surface area contributed by atoms with E-state index in [2.05, 4.69) is 11.9 Å². The lowest BCUT2D eigenvalue weighted by Gasteiger charge is -2.04. The number of rotatable bonds is 1. The first-order chi connectivity index (χ1) is 6.81. The van der Waals surface area contributed by atoms with E-state index in [4.69, 9.17) is 4.74 Å². The van der Waals surface area contributed by atoms with Crippen LogP contribution in [0.5, 0.6) is 5.75 Å². The second kappa shape index (κ2) is 4.80. The summed E-state index contributed by atoms with van der Waals surface area (Å²) in [6, 6.07) is 5.98. The first kappa shape index (κ1) is 10.8. The monoisotopic (exact) mass is 191 g/mol. The van der Waals surface area contributed by atoms with Crippen molar-refractivity contribution < 1.29 is 4.74 Å². The average molecular weight is 191 g/mol. The van der Waals surface area contributed by atoms with Gasteiger partial charge in [0.15, 0.2) is 0 Å². The third-order valence-electron chi connectivity index (χ3n) is 2.16. The van der Waals surface area contributed by atoms with E-state index in [-0.39, 0.29) is 0 Å². The summed E-state index contributed by atoms with van der Waals surface area (Å²) >= 11 is 0. The summed E-state index contributed by atoms with van der Waals surface area (Å²) in [6.07, 6.45) is 1.96. The van der Waals surface area contributed by atoms with Crippen molar-refractivity contribution in [3.05, 3.63) is 23.8 Å². The zero-order valence-corrected chi connectivity index (χ0v) is 9.24. The number of methoxy groups -OCH3 is 1. The molecule has 2 rings (SSSR count). The largest absolute Gasteiger partial charge is 0.497 e. The summed E-state index contributed by atoms with van der Waals surface area (Å²) in [5.41, 5.74) is 2.33. The summed E-state index contributed by atoms with van der Waals surface area (Å²) < 4.78 is 5.13. The SMILES string of the molecule is CC.COc1ccc2c(c1)C(C)C=N2. The van der Waals surface area contributed by atoms with E-state index in [0.717, 1.165) is 11.4 Å². The predicted molar refractivity (Wildman–Crippen MR) is 60.9 cm³/mol. The van der Waals surface area contributed by atoms with E-state index < -0.39 is 0 Å². The van der Waals surface area contributed by atoms with Crippen LogP contribution in [0.15, 0.2) is 23.2 Å². The second-order valence-electron chi connectivity index (χ2n) is 2.99. The van der Waals surface area contributed by atoms with Gasteiger partial charge >= 0.3 is 0 Å². The molecule has 14 heavy (non-hydrogen) atoms. The molecule has 1 unspecified atom stereocenters. The predicted octanol–water partition coefficient (Wildman–Crippen LogP) is 3.54. The minimum Gasteiger partial charge on any atom is -0.497 e. The van der Waals surface area contributed by atoms with Crippen molar-refractivity contribution in [3.8, 4) is 5.75 Å². The molecule has 76 valence electrons. The fourth-order valence-electron chi connectivity index (χ4n) is 1.41. The lowest BCUT2D eigenvalue weighted by molar-refractivity contribution is 0.414. The summed E-state index contributed by atoms with van der Waals surface area (Å²) in [5.74, 6) is 1.33. The first-order valence-corrected chi connectivity index (χ1v) is 5.03. The smallest absolute Gasteiger partial charge is 0.119 e. The van der Waals surface area contributed by atoms with Gasteiger partial charge in [-0.05, 0) is 23.8 Å². The highest BCUT2D eigenvalue weighted by Crippen LogP contribution is 2.34. The molecule has 0 saturated carbocycles. The fourth-order valence-corrected chi connectivity index (χ4v) is 1.41. The van der Waals surface area contributed by atoms with Crippen LogP contribution in [-0.2, 0) is 0 Å². The Balaban J connectivity index is 0.000000461. The number of hydrogen-bond acceptors (Lipinski definition) is 2. The van der Waals surface area contributed by atoms with E-state index in [0.29, 0.717) is 5.92 Å². The highest BCUT2D eigenvalue weighted by molar-refractivity contribution is 5.80. The van der Waals surface area contributed by atoms with Crippen LogP contribution in [0.3, 0.4) is 0 Å². The maximum atomic E-state index is 5.13. The Morgan fingerprint density at radius 3 is 2.64 bits per heavy atom. The van der Waals surface area contributed by atoms with Crippen LogP contribution in [0.1, 0.15) is 32.3 Å². The van der Waals surface area contributed by atoms with E-state index >= 15 is 0 Å². The standard InChI is InChI=1S/C10H11NO.C2H6/c1-7-6-11-10-4-3-8(12-2)5-9(7)10;1-2/h3-7H,1-2H3;1-2H3. The molecule has 1 atom stereocenters. The van der Waals surface area contributed by atoms with Crippen molar-refractivity contribution in [2.45, 2.75) is 26.7 Å². The summed E-state index contributed by atoms with van der Waals surface area (Å²) in [4.78, 5) is 4.28. The van der Waals surface area contributed by atoms with E-state index in [1.807, 2.05) is 38.3 Å². The molecule has 0 amide bonds. The Kier molecular flexibility index (Phi) is 3.69. The first-order valence-electron chi connectivity index (χ1n) is 5.03. The molecule has 0 saturated heterocycles. The minimum absolute atomic E-state index is 0.426. The normalized spacial score (nSPS) is 17.0. The van der Waals surface area contributed by atoms with Crippen LogP contribution in [0.25, 0.3) is 0 Å². The van der Waals surface area contributed by atoms with Gasteiger partial charge in [0.2, 0.25) is 0 Å². The van der Waals surface area contributed by atoms with Crippen LogP contribution in [0, 0.1) is 0 Å². The van der Waals surface area contributed by atoms with E-state index in [9.17, 15) is 0 Å². The lowest BCUT2D eigenvalue weighted by Crippen LogP contribution is -1.89. The van der Waals surface area contributed by atoms with Crippen molar-refractivity contribution in [1.29, 1.82) is 0 Å². The number of fused-ring (bicyclic) bond motifs is 1. The Labute approximate surface area is 85.6 Å². The molecule has 2 heteroatoms. The number of ether oxygens (including phenoxy) is 1. The van der Waals surface area contributed by atoms with Gasteiger partial charge in [0.1, 0.15) is 5.75 Å². The molecule has 1 aliphatic heterocycles. The highest BCUT2D eigenvalue weighted by Gasteiger charge is 2.14. The Bertz CT molecular complexity index is 331. The molecule has 0 fully saturated rings. The van der Waals surface area contributed by atoms with Crippen molar-refractivity contribution in [2.75, 3.05) is 7.11 Å². The topological polar surface area (TPSA) is 21.6 Å². The Morgan fingerprint density at radius 1 is 1.29 bits per heavy atom. The molecule has 1 aromatic carbocycles. The van der Waals surface area contributed by atoms with Gasteiger partial charge in [-0.15, -0.1) is 0 Å². The fraction of sp³-hybridized carbons (Fsp3) is 0.417. The zero-order valence-electron chi connectivity index (χ0n) is 9.24. The van der Waals surface area contributed by atoms with Gasteiger partial charge in [0.25, 0.3) is 0 Å². The summed E-state index contributed by atoms with van der Waals surface area (Å²) in [7, 11) is 1.68. The third-order valence-corrected chi connectivity index (χ3v) is 2.16. The van der Waals surface area contributed by atoms with Crippen LogP contribution in [0.4, 0.5) is 5.69 Å². The average Bonchev–Trinajstić information content (AvgIpc) is 2.63. The zero-order chi connectivity index (χ0) is 10.6. The molecule has 1 aromatic rings. The number of benzene rings is 1.